The van der Waals surface area contributed by atoms with Crippen LogP contribution in [0.4, 0.5) is 0 Å². The fourth-order valence-corrected chi connectivity index (χ4v) is 2.38. The zero-order chi connectivity index (χ0) is 9.73. The van der Waals surface area contributed by atoms with Gasteiger partial charge in [0, 0.05) is 6.42 Å². The lowest BCUT2D eigenvalue weighted by molar-refractivity contribution is -0.152. The lowest BCUT2D eigenvalue weighted by Crippen LogP contribution is -2.30. The molecule has 1 saturated carbocycles. The van der Waals surface area contributed by atoms with Crippen molar-refractivity contribution >= 4 is 21.9 Å². The van der Waals surface area contributed by atoms with Crippen molar-refractivity contribution in [3.05, 3.63) is 0 Å². The van der Waals surface area contributed by atoms with Gasteiger partial charge in [-0.1, -0.05) is 13.3 Å². The van der Waals surface area contributed by atoms with E-state index in [4.69, 9.17) is 4.74 Å². The number of carbonyl (C=O) groups excluding carboxylic acids is 1. The normalized spacial score (nSPS) is 21.1. The number of esters is 1. The van der Waals surface area contributed by atoms with Gasteiger partial charge in [0.25, 0.3) is 0 Å². The van der Waals surface area contributed by atoms with Crippen molar-refractivity contribution in [2.45, 2.75) is 56.4 Å². The Morgan fingerprint density at radius 2 is 2.00 bits per heavy atom. The molecule has 1 fully saturated rings. The van der Waals surface area contributed by atoms with E-state index in [0.29, 0.717) is 6.42 Å². The largest absolute Gasteiger partial charge is 0.447 e. The van der Waals surface area contributed by atoms with Crippen LogP contribution < -0.4 is 0 Å². The molecule has 0 saturated heterocycles. The molecule has 13 heavy (non-hydrogen) atoms. The molecule has 1 aliphatic carbocycles. The average molecular weight is 249 g/mol. The second kappa shape index (κ2) is 4.99. The summed E-state index contributed by atoms with van der Waals surface area (Å²) < 4.78 is 5.06. The van der Waals surface area contributed by atoms with Gasteiger partial charge in [-0.05, 0) is 48.0 Å². The summed E-state index contributed by atoms with van der Waals surface area (Å²) in [7, 11) is 0. The minimum atomic E-state index is -0.336. The van der Waals surface area contributed by atoms with Crippen LogP contribution in [0.15, 0.2) is 0 Å². The molecule has 0 aliphatic heterocycles. The number of halogens is 1. The Kier molecular flexibility index (Phi) is 4.23. The van der Waals surface area contributed by atoms with E-state index in [0.717, 1.165) is 32.1 Å². The summed E-state index contributed by atoms with van der Waals surface area (Å²) in [6.07, 6.45) is 6.90. The number of hydrogen-bond donors (Lipinski definition) is 0. The van der Waals surface area contributed by atoms with Crippen LogP contribution in [-0.2, 0) is 9.53 Å². The third-order valence-electron chi connectivity index (χ3n) is 2.35. The van der Waals surface area contributed by atoms with Crippen molar-refractivity contribution in [3.63, 3.8) is 0 Å². The van der Waals surface area contributed by atoms with Crippen molar-refractivity contribution in [1.29, 1.82) is 0 Å². The summed E-state index contributed by atoms with van der Waals surface area (Å²) in [5, 5.41) is 0. The van der Waals surface area contributed by atoms with Crippen LogP contribution in [0.25, 0.3) is 0 Å². The fourth-order valence-electron chi connectivity index (χ4n) is 1.64. The smallest absolute Gasteiger partial charge is 0.307 e. The number of alkyl halides is 1. The maximum Gasteiger partial charge on any atom is 0.307 e. The van der Waals surface area contributed by atoms with Gasteiger partial charge < -0.3 is 4.74 Å². The maximum atomic E-state index is 11.3. The maximum absolute atomic E-state index is 11.3. The molecular formula is C10H17BrO2. The van der Waals surface area contributed by atoms with Gasteiger partial charge in [0.05, 0.1) is 0 Å². The second-order valence-electron chi connectivity index (χ2n) is 3.67. The fraction of sp³-hybridized carbons (Fsp3) is 0.900. The van der Waals surface area contributed by atoms with Crippen molar-refractivity contribution in [2.24, 2.45) is 0 Å². The molecule has 0 heterocycles. The summed E-state index contributed by atoms with van der Waals surface area (Å²) in [5.74, 6) is -0.0683. The van der Waals surface area contributed by atoms with E-state index in [1.807, 2.05) is 6.92 Å². The van der Waals surface area contributed by atoms with Crippen LogP contribution in [0, 0.1) is 0 Å². The number of ether oxygens (including phenoxy) is 1. The van der Waals surface area contributed by atoms with E-state index >= 15 is 0 Å². The van der Waals surface area contributed by atoms with Crippen LogP contribution in [-0.4, -0.2) is 10.5 Å². The lowest BCUT2D eigenvalue weighted by atomic mass is 9.97. The molecule has 0 atom stereocenters. The van der Waals surface area contributed by atoms with E-state index in [9.17, 15) is 4.79 Å². The Morgan fingerprint density at radius 3 is 2.54 bits per heavy atom. The van der Waals surface area contributed by atoms with Crippen molar-refractivity contribution < 1.29 is 9.53 Å². The standard InChI is InChI=1S/C10H17BrO2/c1-2-6-9(12)13-10(11)7-4-3-5-8-10/h2-8H2,1H3. The first-order valence-corrected chi connectivity index (χ1v) is 5.86. The first-order valence-electron chi connectivity index (χ1n) is 5.07. The Balaban J connectivity index is 2.36. The van der Waals surface area contributed by atoms with Gasteiger partial charge in [0.2, 0.25) is 0 Å². The van der Waals surface area contributed by atoms with Gasteiger partial charge >= 0.3 is 5.97 Å². The second-order valence-corrected chi connectivity index (χ2v) is 5.11. The third-order valence-corrected chi connectivity index (χ3v) is 3.31. The zero-order valence-electron chi connectivity index (χ0n) is 8.14. The minimum Gasteiger partial charge on any atom is -0.447 e. The molecule has 0 aromatic carbocycles. The van der Waals surface area contributed by atoms with Gasteiger partial charge in [-0.15, -0.1) is 0 Å². The predicted octanol–water partition coefficient (Wildman–Crippen LogP) is 3.39. The first-order chi connectivity index (χ1) is 6.16. The molecule has 1 aliphatic rings. The highest BCUT2D eigenvalue weighted by atomic mass is 79.9. The molecule has 3 heteroatoms. The lowest BCUT2D eigenvalue weighted by Gasteiger charge is -2.31. The molecule has 0 radical (unpaired) electrons. The van der Waals surface area contributed by atoms with E-state index in [-0.39, 0.29) is 10.5 Å². The van der Waals surface area contributed by atoms with Crippen molar-refractivity contribution in [2.75, 3.05) is 0 Å². The molecule has 0 unspecified atom stereocenters. The van der Waals surface area contributed by atoms with Gasteiger partial charge in [-0.3, -0.25) is 4.79 Å². The quantitative estimate of drug-likeness (QED) is 0.566. The highest BCUT2D eigenvalue weighted by Crippen LogP contribution is 2.37. The Morgan fingerprint density at radius 1 is 1.38 bits per heavy atom. The van der Waals surface area contributed by atoms with Crippen LogP contribution >= 0.6 is 15.9 Å². The highest BCUT2D eigenvalue weighted by molar-refractivity contribution is 9.10. The summed E-state index contributed by atoms with van der Waals surface area (Å²) in [4.78, 5) is 11.3. The Hall–Kier alpha value is -0.0500. The Bertz CT molecular complexity index is 174. The van der Waals surface area contributed by atoms with Crippen LogP contribution in [0.3, 0.4) is 0 Å². The van der Waals surface area contributed by atoms with Crippen molar-refractivity contribution in [1.82, 2.24) is 0 Å². The molecule has 2 nitrogen and oxygen atoms in total. The molecular weight excluding hydrogens is 232 g/mol. The molecule has 1 rings (SSSR count). The van der Waals surface area contributed by atoms with Crippen molar-refractivity contribution in [3.8, 4) is 0 Å². The molecule has 0 aromatic rings. The van der Waals surface area contributed by atoms with E-state index in [1.165, 1.54) is 6.42 Å². The molecule has 76 valence electrons. The molecule has 0 aromatic heterocycles. The highest BCUT2D eigenvalue weighted by Gasteiger charge is 2.32. The number of carbonyl (C=O) groups is 1. The topological polar surface area (TPSA) is 26.3 Å². The monoisotopic (exact) mass is 248 g/mol. The summed E-state index contributed by atoms with van der Waals surface area (Å²) >= 11 is 3.52. The summed E-state index contributed by atoms with van der Waals surface area (Å²) in [6, 6.07) is 0. The molecule has 0 spiro atoms. The van der Waals surface area contributed by atoms with E-state index in [2.05, 4.69) is 15.9 Å². The van der Waals surface area contributed by atoms with Crippen LogP contribution in [0.1, 0.15) is 51.9 Å². The minimum absolute atomic E-state index is 0.0683. The molecule has 0 bridgehead atoms. The van der Waals surface area contributed by atoms with Crippen LogP contribution in [0.5, 0.6) is 0 Å². The summed E-state index contributed by atoms with van der Waals surface area (Å²) in [5.41, 5.74) is 0. The SMILES string of the molecule is CCCC(=O)OC1(Br)CCCCC1. The number of hydrogen-bond acceptors (Lipinski definition) is 2. The van der Waals surface area contributed by atoms with Crippen LogP contribution in [0.2, 0.25) is 0 Å². The summed E-state index contributed by atoms with van der Waals surface area (Å²) in [6.45, 7) is 1.99. The van der Waals surface area contributed by atoms with Gasteiger partial charge in [-0.2, -0.15) is 0 Å². The first kappa shape index (κ1) is 11.0. The zero-order valence-corrected chi connectivity index (χ0v) is 9.73. The predicted molar refractivity (Wildman–Crippen MR) is 55.7 cm³/mol. The molecule has 0 amide bonds. The molecule has 0 N–H and O–H groups in total. The van der Waals surface area contributed by atoms with Gasteiger partial charge in [0.1, 0.15) is 0 Å². The Labute approximate surface area is 88.2 Å². The number of rotatable bonds is 3. The third kappa shape index (κ3) is 3.67. The van der Waals surface area contributed by atoms with Gasteiger partial charge in [0.15, 0.2) is 4.51 Å². The average Bonchev–Trinajstić information content (AvgIpc) is 2.04. The van der Waals surface area contributed by atoms with E-state index in [1.54, 1.807) is 0 Å². The van der Waals surface area contributed by atoms with E-state index < -0.39 is 0 Å². The van der Waals surface area contributed by atoms with Gasteiger partial charge in [-0.25, -0.2) is 0 Å².